The molecular weight excluding hydrogens is 332 g/mol. The van der Waals surface area contributed by atoms with E-state index in [1.54, 1.807) is 11.3 Å². The van der Waals surface area contributed by atoms with E-state index in [-0.39, 0.29) is 17.9 Å². The predicted octanol–water partition coefficient (Wildman–Crippen LogP) is 3.65. The summed E-state index contributed by atoms with van der Waals surface area (Å²) in [4.78, 5) is 28.9. The van der Waals surface area contributed by atoms with Crippen molar-refractivity contribution in [3.05, 3.63) is 57.3 Å². The molecule has 1 aromatic carbocycles. The van der Waals surface area contributed by atoms with Gasteiger partial charge >= 0.3 is 0 Å². The SMILES string of the molecule is CCc1cc(C(=O)N2CCC(NC(=O)c3ccccc3)CC2)sc1C. The molecule has 0 bridgehead atoms. The van der Waals surface area contributed by atoms with Gasteiger partial charge in [-0.2, -0.15) is 0 Å². The molecule has 3 rings (SSSR count). The van der Waals surface area contributed by atoms with Crippen molar-refractivity contribution in [1.29, 1.82) is 0 Å². The number of aryl methyl sites for hydroxylation is 2. The summed E-state index contributed by atoms with van der Waals surface area (Å²) < 4.78 is 0. The quantitative estimate of drug-likeness (QED) is 0.909. The van der Waals surface area contributed by atoms with Gasteiger partial charge in [-0.15, -0.1) is 11.3 Å². The molecule has 1 aromatic heterocycles. The number of hydrogen-bond acceptors (Lipinski definition) is 3. The molecule has 0 atom stereocenters. The highest BCUT2D eigenvalue weighted by Crippen LogP contribution is 2.24. The number of carbonyl (C=O) groups is 2. The molecule has 0 unspecified atom stereocenters. The van der Waals surface area contributed by atoms with Crippen molar-refractivity contribution in [2.75, 3.05) is 13.1 Å². The first-order valence-electron chi connectivity index (χ1n) is 8.83. The lowest BCUT2D eigenvalue weighted by Crippen LogP contribution is -2.46. The highest BCUT2D eigenvalue weighted by atomic mass is 32.1. The molecule has 2 amide bonds. The van der Waals surface area contributed by atoms with Crippen LogP contribution in [0.25, 0.3) is 0 Å². The number of amides is 2. The summed E-state index contributed by atoms with van der Waals surface area (Å²) in [6.07, 6.45) is 2.56. The summed E-state index contributed by atoms with van der Waals surface area (Å²) in [5.74, 6) is 0.0903. The molecule has 132 valence electrons. The Bertz CT molecular complexity index is 746. The Morgan fingerprint density at radius 3 is 2.48 bits per heavy atom. The van der Waals surface area contributed by atoms with E-state index in [9.17, 15) is 9.59 Å². The monoisotopic (exact) mass is 356 g/mol. The summed E-state index contributed by atoms with van der Waals surface area (Å²) in [6.45, 7) is 5.57. The third-order valence-electron chi connectivity index (χ3n) is 4.77. The first-order chi connectivity index (χ1) is 12.1. The molecule has 2 aromatic rings. The van der Waals surface area contributed by atoms with Crippen molar-refractivity contribution in [2.24, 2.45) is 0 Å². The maximum Gasteiger partial charge on any atom is 0.263 e. The summed E-state index contributed by atoms with van der Waals surface area (Å²) in [6, 6.07) is 11.4. The molecule has 0 aliphatic carbocycles. The van der Waals surface area contributed by atoms with Crippen LogP contribution in [0.5, 0.6) is 0 Å². The lowest BCUT2D eigenvalue weighted by atomic mass is 10.0. The first kappa shape index (κ1) is 17.7. The van der Waals surface area contributed by atoms with E-state index in [2.05, 4.69) is 19.2 Å². The minimum atomic E-state index is -0.0353. The molecule has 0 radical (unpaired) electrons. The zero-order valence-electron chi connectivity index (χ0n) is 14.7. The summed E-state index contributed by atoms with van der Waals surface area (Å²) in [5, 5.41) is 3.08. The van der Waals surface area contributed by atoms with Crippen molar-refractivity contribution in [2.45, 2.75) is 39.2 Å². The fraction of sp³-hybridized carbons (Fsp3) is 0.400. The largest absolute Gasteiger partial charge is 0.349 e. The van der Waals surface area contributed by atoms with Crippen LogP contribution < -0.4 is 5.32 Å². The molecule has 25 heavy (non-hydrogen) atoms. The van der Waals surface area contributed by atoms with Gasteiger partial charge in [-0.1, -0.05) is 25.1 Å². The van der Waals surface area contributed by atoms with Crippen molar-refractivity contribution in [3.8, 4) is 0 Å². The van der Waals surface area contributed by atoms with E-state index >= 15 is 0 Å². The second-order valence-electron chi connectivity index (χ2n) is 6.45. The van der Waals surface area contributed by atoms with Crippen molar-refractivity contribution < 1.29 is 9.59 Å². The number of benzene rings is 1. The second kappa shape index (κ2) is 7.83. The van der Waals surface area contributed by atoms with Crippen LogP contribution in [0.4, 0.5) is 0 Å². The van der Waals surface area contributed by atoms with Gasteiger partial charge in [0.25, 0.3) is 11.8 Å². The van der Waals surface area contributed by atoms with Gasteiger partial charge < -0.3 is 10.2 Å². The van der Waals surface area contributed by atoms with Gasteiger partial charge in [0.05, 0.1) is 4.88 Å². The molecular formula is C20H24N2O2S. The van der Waals surface area contributed by atoms with Gasteiger partial charge in [-0.3, -0.25) is 9.59 Å². The van der Waals surface area contributed by atoms with Crippen LogP contribution in [0.15, 0.2) is 36.4 Å². The summed E-state index contributed by atoms with van der Waals surface area (Å²) in [5.41, 5.74) is 1.94. The summed E-state index contributed by atoms with van der Waals surface area (Å²) >= 11 is 1.59. The topological polar surface area (TPSA) is 49.4 Å². The number of carbonyl (C=O) groups excluding carboxylic acids is 2. The number of nitrogens with one attached hydrogen (secondary N) is 1. The third-order valence-corrected chi connectivity index (χ3v) is 5.85. The minimum absolute atomic E-state index is 0.0353. The Morgan fingerprint density at radius 1 is 1.20 bits per heavy atom. The lowest BCUT2D eigenvalue weighted by Gasteiger charge is -2.32. The Kier molecular flexibility index (Phi) is 5.53. The van der Waals surface area contributed by atoms with Crippen LogP contribution in [0.1, 0.15) is 50.2 Å². The molecule has 1 saturated heterocycles. The number of thiophene rings is 1. The van der Waals surface area contributed by atoms with Gasteiger partial charge in [0, 0.05) is 29.6 Å². The van der Waals surface area contributed by atoms with Crippen LogP contribution in [-0.2, 0) is 6.42 Å². The Morgan fingerprint density at radius 2 is 1.88 bits per heavy atom. The van der Waals surface area contributed by atoms with Gasteiger partial charge in [0.1, 0.15) is 0 Å². The predicted molar refractivity (Wildman–Crippen MR) is 101 cm³/mol. The van der Waals surface area contributed by atoms with Crippen LogP contribution in [0.2, 0.25) is 0 Å². The first-order valence-corrected chi connectivity index (χ1v) is 9.64. The fourth-order valence-corrected chi connectivity index (χ4v) is 4.30. The fourth-order valence-electron chi connectivity index (χ4n) is 3.22. The van der Waals surface area contributed by atoms with Crippen molar-refractivity contribution in [3.63, 3.8) is 0 Å². The maximum absolute atomic E-state index is 12.7. The van der Waals surface area contributed by atoms with E-state index < -0.39 is 0 Å². The van der Waals surface area contributed by atoms with E-state index in [4.69, 9.17) is 0 Å². The van der Waals surface area contributed by atoms with Gasteiger partial charge in [-0.05, 0) is 49.9 Å². The lowest BCUT2D eigenvalue weighted by molar-refractivity contribution is 0.0702. The smallest absolute Gasteiger partial charge is 0.263 e. The molecule has 0 saturated carbocycles. The van der Waals surface area contributed by atoms with Crippen LogP contribution in [-0.4, -0.2) is 35.8 Å². The molecule has 1 aliphatic rings. The van der Waals surface area contributed by atoms with E-state index in [0.717, 1.165) is 24.1 Å². The maximum atomic E-state index is 12.7. The number of likely N-dealkylation sites (tertiary alicyclic amines) is 1. The van der Waals surface area contributed by atoms with Crippen molar-refractivity contribution >= 4 is 23.2 Å². The molecule has 4 nitrogen and oxygen atoms in total. The highest BCUT2D eigenvalue weighted by Gasteiger charge is 2.26. The van der Waals surface area contributed by atoms with E-state index in [0.29, 0.717) is 18.7 Å². The standard InChI is InChI=1S/C20H24N2O2S/c1-3-15-13-18(25-14(15)2)20(24)22-11-9-17(10-12-22)21-19(23)16-7-5-4-6-8-16/h4-8,13,17H,3,9-12H2,1-2H3,(H,21,23). The van der Waals surface area contributed by atoms with Gasteiger partial charge in [-0.25, -0.2) is 0 Å². The molecule has 1 fully saturated rings. The zero-order valence-corrected chi connectivity index (χ0v) is 15.6. The molecule has 1 aliphatic heterocycles. The zero-order chi connectivity index (χ0) is 17.8. The van der Waals surface area contributed by atoms with Crippen LogP contribution in [0, 0.1) is 6.92 Å². The van der Waals surface area contributed by atoms with E-state index in [1.807, 2.05) is 41.3 Å². The summed E-state index contributed by atoms with van der Waals surface area (Å²) in [7, 11) is 0. The Labute approximate surface area is 152 Å². The number of piperidine rings is 1. The Balaban J connectivity index is 1.54. The average Bonchev–Trinajstić information content (AvgIpc) is 3.03. The normalized spacial score (nSPS) is 15.2. The number of nitrogens with zero attached hydrogens (tertiary/aromatic N) is 1. The minimum Gasteiger partial charge on any atom is -0.349 e. The van der Waals surface area contributed by atoms with E-state index in [1.165, 1.54) is 10.4 Å². The van der Waals surface area contributed by atoms with Gasteiger partial charge in [0.15, 0.2) is 0 Å². The number of hydrogen-bond donors (Lipinski definition) is 1. The van der Waals surface area contributed by atoms with Crippen LogP contribution in [0.3, 0.4) is 0 Å². The van der Waals surface area contributed by atoms with Crippen LogP contribution >= 0.6 is 11.3 Å². The molecule has 1 N–H and O–H groups in total. The molecule has 2 heterocycles. The third kappa shape index (κ3) is 4.10. The Hall–Kier alpha value is -2.14. The van der Waals surface area contributed by atoms with Crippen molar-refractivity contribution in [1.82, 2.24) is 10.2 Å². The molecule has 0 spiro atoms. The van der Waals surface area contributed by atoms with Gasteiger partial charge in [0.2, 0.25) is 0 Å². The highest BCUT2D eigenvalue weighted by molar-refractivity contribution is 7.14. The number of rotatable bonds is 4. The average molecular weight is 356 g/mol. The molecule has 5 heteroatoms. The second-order valence-corrected chi connectivity index (χ2v) is 7.71.